The maximum absolute atomic E-state index is 8.24. The number of rotatable bonds is 0. The van der Waals surface area contributed by atoms with Crippen LogP contribution in [0.2, 0.25) is 0 Å². The van der Waals surface area contributed by atoms with Crippen LogP contribution in [0.5, 0.6) is 0 Å². The molecule has 4 heteroatoms. The maximum Gasteiger partial charge on any atom is 1.00 e. The Kier molecular flexibility index (Phi) is 67.3. The SMILES string of the molecule is [Li+].[N-]=C=O.[Na+]. The molecule has 5 heavy (non-hydrogen) atoms. The summed E-state index contributed by atoms with van der Waals surface area (Å²) >= 11 is 0. The molecule has 0 saturated heterocycles. The van der Waals surface area contributed by atoms with Gasteiger partial charge in [-0.3, -0.25) is 4.79 Å². The van der Waals surface area contributed by atoms with E-state index in [2.05, 4.69) is 0 Å². The monoisotopic (exact) mass is 72.0 g/mol. The molecule has 16 valence electrons. The Morgan fingerprint density at radius 2 is 1.60 bits per heavy atom. The van der Waals surface area contributed by atoms with Crippen molar-refractivity contribution < 1.29 is 53.2 Å². The van der Waals surface area contributed by atoms with Crippen LogP contribution in [0.4, 0.5) is 0 Å². The topological polar surface area (TPSA) is 39.4 Å². The van der Waals surface area contributed by atoms with E-state index in [-0.39, 0.29) is 48.4 Å². The molecule has 0 aromatic carbocycles. The normalized spacial score (nSPS) is 1.60. The molecule has 0 amide bonds. The molecular weight excluding hydrogens is 71.9 g/mol. The summed E-state index contributed by atoms with van der Waals surface area (Å²) in [6, 6.07) is 0. The smallest absolute Gasteiger partial charge is 0.724 e. The van der Waals surface area contributed by atoms with Crippen molar-refractivity contribution in [3.8, 4) is 0 Å². The van der Waals surface area contributed by atoms with Gasteiger partial charge in [-0.1, -0.05) is 0 Å². The Morgan fingerprint density at radius 1 is 1.60 bits per heavy atom. The molecule has 0 bridgehead atoms. The fourth-order valence-corrected chi connectivity index (χ4v) is 0. The molecule has 0 saturated carbocycles. The van der Waals surface area contributed by atoms with Crippen LogP contribution in [0.15, 0.2) is 0 Å². The summed E-state index contributed by atoms with van der Waals surface area (Å²) in [4.78, 5) is 8.24. The molecule has 0 aromatic rings. The summed E-state index contributed by atoms with van der Waals surface area (Å²) in [5, 5.41) is 6.76. The molecule has 0 aliphatic heterocycles. The Morgan fingerprint density at radius 3 is 1.60 bits per heavy atom. The van der Waals surface area contributed by atoms with Gasteiger partial charge in [-0.05, 0) is 6.08 Å². The third-order valence-corrected chi connectivity index (χ3v) is 0. The molecule has 0 radical (unpaired) electrons. The number of hydrogen-bond donors (Lipinski definition) is 0. The Hall–Kier alpha value is 0.977. The Balaban J connectivity index is -0.0000000200. The molecule has 0 atom stereocenters. The molecule has 0 aliphatic carbocycles. The van der Waals surface area contributed by atoms with Gasteiger partial charge in [-0.2, -0.15) is 0 Å². The molecule has 0 aliphatic rings. The van der Waals surface area contributed by atoms with Crippen LogP contribution >= 0.6 is 0 Å². The van der Waals surface area contributed by atoms with Gasteiger partial charge in [0.05, 0.1) is 0 Å². The third kappa shape index (κ3) is 46.2. The fourth-order valence-electron chi connectivity index (χ4n) is 0. The first kappa shape index (κ1) is 16.7. The largest absolute Gasteiger partial charge is 1.00 e. The zero-order valence-electron chi connectivity index (χ0n) is 3.36. The van der Waals surface area contributed by atoms with Crippen LogP contribution < -0.4 is 48.4 Å². The van der Waals surface area contributed by atoms with Crippen LogP contribution in [-0.4, -0.2) is 6.08 Å². The van der Waals surface area contributed by atoms with Gasteiger partial charge in [0.15, 0.2) is 0 Å². The van der Waals surface area contributed by atoms with Crippen molar-refractivity contribution in [2.45, 2.75) is 0 Å². The first-order chi connectivity index (χ1) is 1.41. The van der Waals surface area contributed by atoms with Gasteiger partial charge in [0.25, 0.3) is 0 Å². The predicted molar refractivity (Wildman–Crippen MR) is 9.05 cm³/mol. The van der Waals surface area contributed by atoms with Gasteiger partial charge in [0.1, 0.15) is 0 Å². The van der Waals surface area contributed by atoms with Crippen molar-refractivity contribution in [2.75, 3.05) is 0 Å². The molecule has 0 unspecified atom stereocenters. The fraction of sp³-hybridized carbons (Fsp3) is 0. The molecular formula is CLiNNaO+. The van der Waals surface area contributed by atoms with Crippen molar-refractivity contribution in [1.29, 1.82) is 0 Å². The molecule has 0 aromatic heterocycles. The summed E-state index contributed by atoms with van der Waals surface area (Å²) in [6.07, 6.45) is 0.500. The van der Waals surface area contributed by atoms with Crippen LogP contribution in [-0.2, 0) is 4.79 Å². The van der Waals surface area contributed by atoms with E-state index in [0.717, 1.165) is 0 Å². The molecule has 0 rings (SSSR count). The van der Waals surface area contributed by atoms with Gasteiger partial charge >= 0.3 is 48.4 Å². The molecule has 0 fully saturated rings. The summed E-state index contributed by atoms with van der Waals surface area (Å²) in [5.74, 6) is 0. The average Bonchev–Trinajstić information content (AvgIpc) is 0.918. The van der Waals surface area contributed by atoms with E-state index in [4.69, 9.17) is 10.2 Å². The van der Waals surface area contributed by atoms with Crippen LogP contribution in [0.3, 0.4) is 0 Å². The number of nitrogens with zero attached hydrogens (tertiary/aromatic N) is 1. The van der Waals surface area contributed by atoms with Crippen LogP contribution in [0.1, 0.15) is 0 Å². The van der Waals surface area contributed by atoms with Crippen molar-refractivity contribution >= 4 is 6.08 Å². The molecule has 0 spiro atoms. The van der Waals surface area contributed by atoms with Gasteiger partial charge in [-0.25, -0.2) is 0 Å². The van der Waals surface area contributed by atoms with Crippen molar-refractivity contribution in [3.05, 3.63) is 5.41 Å². The van der Waals surface area contributed by atoms with E-state index in [0.29, 0.717) is 6.08 Å². The van der Waals surface area contributed by atoms with Gasteiger partial charge in [0, 0.05) is 0 Å². The van der Waals surface area contributed by atoms with E-state index in [1.807, 2.05) is 0 Å². The van der Waals surface area contributed by atoms with Crippen molar-refractivity contribution in [3.63, 3.8) is 0 Å². The second-order valence-electron chi connectivity index (χ2n) is 0.0913. The second kappa shape index (κ2) is 20.1. The van der Waals surface area contributed by atoms with E-state index in [1.54, 1.807) is 0 Å². The molecule has 2 nitrogen and oxygen atoms in total. The summed E-state index contributed by atoms with van der Waals surface area (Å²) in [6.45, 7) is 0. The molecule has 0 heterocycles. The van der Waals surface area contributed by atoms with Crippen molar-refractivity contribution in [1.82, 2.24) is 0 Å². The predicted octanol–water partition coefficient (Wildman–Crippen LogP) is -6.10. The second-order valence-corrected chi connectivity index (χ2v) is 0.0913. The van der Waals surface area contributed by atoms with E-state index >= 15 is 0 Å². The van der Waals surface area contributed by atoms with E-state index in [9.17, 15) is 0 Å². The summed E-state index contributed by atoms with van der Waals surface area (Å²) in [5.41, 5.74) is 0. The van der Waals surface area contributed by atoms with Crippen LogP contribution in [0.25, 0.3) is 5.41 Å². The minimum atomic E-state index is 0. The quantitative estimate of drug-likeness (QED) is 0.159. The zero-order valence-corrected chi connectivity index (χ0v) is 5.36. The maximum atomic E-state index is 8.24. The van der Waals surface area contributed by atoms with E-state index < -0.39 is 0 Å². The minimum absolute atomic E-state index is 0. The number of isocyanates is 1. The van der Waals surface area contributed by atoms with Gasteiger partial charge in [0.2, 0.25) is 0 Å². The Labute approximate surface area is 64.3 Å². The van der Waals surface area contributed by atoms with Crippen LogP contribution in [0, 0.1) is 0 Å². The Bertz CT molecular complexity index is 32.6. The summed E-state index contributed by atoms with van der Waals surface area (Å²) < 4.78 is 0. The number of carbonyl (C=O) groups excluding carboxylic acids is 1. The first-order valence-corrected chi connectivity index (χ1v) is 0.428. The average molecular weight is 71.9 g/mol. The van der Waals surface area contributed by atoms with E-state index in [1.165, 1.54) is 0 Å². The zero-order chi connectivity index (χ0) is 2.71. The van der Waals surface area contributed by atoms with Crippen molar-refractivity contribution in [2.24, 2.45) is 0 Å². The third-order valence-electron chi connectivity index (χ3n) is 0. The van der Waals surface area contributed by atoms with Gasteiger partial charge in [-0.15, -0.1) is 0 Å². The number of hydrogen-bond acceptors (Lipinski definition) is 1. The summed E-state index contributed by atoms with van der Waals surface area (Å²) in [7, 11) is 0. The minimum Gasteiger partial charge on any atom is -0.724 e. The first-order valence-electron chi connectivity index (χ1n) is 0.428. The molecule has 0 N–H and O–H groups in total. The van der Waals surface area contributed by atoms with Gasteiger partial charge < -0.3 is 5.41 Å². The standard InChI is InChI=1S/CNO.Li.Na/c2-1-3;;/q-1;2*+1.